The summed E-state index contributed by atoms with van der Waals surface area (Å²) in [6.07, 6.45) is 0. The molecule has 0 unspecified atom stereocenters. The van der Waals surface area contributed by atoms with Crippen LogP contribution in [0.2, 0.25) is 0 Å². The second kappa shape index (κ2) is 7.59. The summed E-state index contributed by atoms with van der Waals surface area (Å²) in [5.41, 5.74) is 1.23. The number of nitrogens with one attached hydrogen (secondary N) is 2. The highest BCUT2D eigenvalue weighted by Crippen LogP contribution is 2.13. The number of ether oxygens (including phenoxy) is 1. The average Bonchev–Trinajstić information content (AvgIpc) is 2.49. The van der Waals surface area contributed by atoms with E-state index in [0.29, 0.717) is 29.5 Å². The first-order valence-electron chi connectivity index (χ1n) is 6.64. The zero-order chi connectivity index (χ0) is 15.1. The zero-order valence-corrected chi connectivity index (χ0v) is 12.5. The third-order valence-electron chi connectivity index (χ3n) is 2.83. The molecule has 0 heterocycles. The molecule has 0 amide bonds. The Hall–Kier alpha value is -2.14. The van der Waals surface area contributed by atoms with E-state index in [4.69, 9.17) is 17.0 Å². The van der Waals surface area contributed by atoms with Crippen LogP contribution in [0.3, 0.4) is 0 Å². The third kappa shape index (κ3) is 5.04. The molecule has 0 radical (unpaired) electrons. The highest BCUT2D eigenvalue weighted by Gasteiger charge is 2.01. The molecule has 0 aliphatic carbocycles. The van der Waals surface area contributed by atoms with Crippen LogP contribution in [-0.4, -0.2) is 18.3 Å². The van der Waals surface area contributed by atoms with Crippen molar-refractivity contribution in [3.63, 3.8) is 0 Å². The van der Waals surface area contributed by atoms with Crippen LogP contribution in [0.4, 0.5) is 10.1 Å². The molecular weight excluding hydrogens is 287 g/mol. The molecule has 0 aliphatic heterocycles. The molecule has 0 spiro atoms. The van der Waals surface area contributed by atoms with E-state index >= 15 is 0 Å². The fraction of sp³-hybridized carbons (Fsp3) is 0.188. The van der Waals surface area contributed by atoms with Crippen LogP contribution in [0.1, 0.15) is 5.56 Å². The van der Waals surface area contributed by atoms with E-state index in [9.17, 15) is 4.39 Å². The Kier molecular flexibility index (Phi) is 5.51. The summed E-state index contributed by atoms with van der Waals surface area (Å²) in [6, 6.07) is 14.5. The lowest BCUT2D eigenvalue weighted by Crippen LogP contribution is -2.31. The second-order valence-electron chi connectivity index (χ2n) is 4.51. The van der Waals surface area contributed by atoms with Gasteiger partial charge in [-0.05, 0) is 49.0 Å². The predicted octanol–water partition coefficient (Wildman–Crippen LogP) is 3.50. The number of thiocarbonyl (C=S) groups is 1. The van der Waals surface area contributed by atoms with Gasteiger partial charge in [-0.3, -0.25) is 0 Å². The second-order valence-corrected chi connectivity index (χ2v) is 4.91. The summed E-state index contributed by atoms with van der Waals surface area (Å²) in [6.45, 7) is 2.78. The van der Waals surface area contributed by atoms with Crippen LogP contribution in [-0.2, 0) is 0 Å². The molecule has 0 fully saturated rings. The maximum atomic E-state index is 13.4. The third-order valence-corrected chi connectivity index (χ3v) is 3.08. The maximum Gasteiger partial charge on any atom is 0.170 e. The van der Waals surface area contributed by atoms with E-state index in [1.54, 1.807) is 19.1 Å². The van der Waals surface area contributed by atoms with Crippen molar-refractivity contribution < 1.29 is 9.13 Å². The zero-order valence-electron chi connectivity index (χ0n) is 11.7. The topological polar surface area (TPSA) is 33.3 Å². The van der Waals surface area contributed by atoms with Gasteiger partial charge in [0.15, 0.2) is 5.11 Å². The smallest absolute Gasteiger partial charge is 0.170 e. The van der Waals surface area contributed by atoms with Crippen LogP contribution in [0.25, 0.3) is 0 Å². The molecule has 2 rings (SSSR count). The number of rotatable bonds is 5. The Morgan fingerprint density at radius 2 is 1.95 bits per heavy atom. The quantitative estimate of drug-likeness (QED) is 0.654. The summed E-state index contributed by atoms with van der Waals surface area (Å²) in [4.78, 5) is 0. The van der Waals surface area contributed by atoms with Gasteiger partial charge in [-0.15, -0.1) is 0 Å². The number of aryl methyl sites for hydroxylation is 1. The highest BCUT2D eigenvalue weighted by atomic mass is 32.1. The van der Waals surface area contributed by atoms with Crippen molar-refractivity contribution in [2.45, 2.75) is 6.92 Å². The first-order chi connectivity index (χ1) is 10.1. The summed E-state index contributed by atoms with van der Waals surface area (Å²) in [7, 11) is 0. The largest absolute Gasteiger partial charge is 0.492 e. The first-order valence-corrected chi connectivity index (χ1v) is 7.05. The van der Waals surface area contributed by atoms with Gasteiger partial charge in [0.2, 0.25) is 0 Å². The van der Waals surface area contributed by atoms with E-state index in [-0.39, 0.29) is 5.82 Å². The van der Waals surface area contributed by atoms with Gasteiger partial charge in [-0.25, -0.2) is 4.39 Å². The molecule has 21 heavy (non-hydrogen) atoms. The minimum atomic E-state index is -0.254. The SMILES string of the molecule is Cc1ccc(NC(=S)NCCOc2ccccc2)cc1F. The van der Waals surface area contributed by atoms with E-state index < -0.39 is 0 Å². The summed E-state index contributed by atoms with van der Waals surface area (Å²) < 4.78 is 18.9. The van der Waals surface area contributed by atoms with Crippen molar-refractivity contribution in [2.24, 2.45) is 0 Å². The van der Waals surface area contributed by atoms with E-state index in [2.05, 4.69) is 10.6 Å². The monoisotopic (exact) mass is 304 g/mol. The average molecular weight is 304 g/mol. The number of hydrogen-bond donors (Lipinski definition) is 2. The minimum absolute atomic E-state index is 0.254. The molecule has 0 atom stereocenters. The van der Waals surface area contributed by atoms with E-state index in [0.717, 1.165) is 5.75 Å². The van der Waals surface area contributed by atoms with Crippen molar-refractivity contribution in [2.75, 3.05) is 18.5 Å². The summed E-state index contributed by atoms with van der Waals surface area (Å²) >= 11 is 5.14. The Bertz CT molecular complexity index is 604. The van der Waals surface area contributed by atoms with Crippen molar-refractivity contribution in [3.8, 4) is 5.75 Å². The van der Waals surface area contributed by atoms with Gasteiger partial charge in [0.1, 0.15) is 18.2 Å². The summed E-state index contributed by atoms with van der Waals surface area (Å²) in [5, 5.41) is 6.38. The van der Waals surface area contributed by atoms with Crippen molar-refractivity contribution in [3.05, 3.63) is 59.9 Å². The van der Waals surface area contributed by atoms with Crippen LogP contribution in [0.5, 0.6) is 5.75 Å². The lowest BCUT2D eigenvalue weighted by molar-refractivity contribution is 0.323. The standard InChI is InChI=1S/C16H17FN2OS/c1-12-7-8-13(11-15(12)17)19-16(21)18-9-10-20-14-5-3-2-4-6-14/h2-8,11H,9-10H2,1H3,(H2,18,19,21). The van der Waals surface area contributed by atoms with Gasteiger partial charge in [-0.2, -0.15) is 0 Å². The lowest BCUT2D eigenvalue weighted by atomic mass is 10.2. The Morgan fingerprint density at radius 3 is 2.67 bits per heavy atom. The molecule has 0 saturated heterocycles. The van der Waals surface area contributed by atoms with Gasteiger partial charge in [0.05, 0.1) is 6.54 Å². The van der Waals surface area contributed by atoms with Crippen molar-refractivity contribution in [1.82, 2.24) is 5.32 Å². The normalized spacial score (nSPS) is 10.0. The van der Waals surface area contributed by atoms with E-state index in [1.807, 2.05) is 30.3 Å². The van der Waals surface area contributed by atoms with Crippen LogP contribution in [0, 0.1) is 12.7 Å². The van der Waals surface area contributed by atoms with Gasteiger partial charge >= 0.3 is 0 Å². The van der Waals surface area contributed by atoms with Gasteiger partial charge in [-0.1, -0.05) is 24.3 Å². The van der Waals surface area contributed by atoms with Crippen molar-refractivity contribution in [1.29, 1.82) is 0 Å². The van der Waals surface area contributed by atoms with Crippen molar-refractivity contribution >= 4 is 23.0 Å². The number of hydrogen-bond acceptors (Lipinski definition) is 2. The molecule has 2 aromatic carbocycles. The Labute approximate surface area is 129 Å². The summed E-state index contributed by atoms with van der Waals surface area (Å²) in [5.74, 6) is 0.564. The molecule has 3 nitrogen and oxygen atoms in total. The molecule has 2 aromatic rings. The van der Waals surface area contributed by atoms with Gasteiger partial charge in [0.25, 0.3) is 0 Å². The van der Waals surface area contributed by atoms with Crippen LogP contribution >= 0.6 is 12.2 Å². The van der Waals surface area contributed by atoms with Crippen LogP contribution < -0.4 is 15.4 Å². The molecule has 110 valence electrons. The first kappa shape index (κ1) is 15.3. The Balaban J connectivity index is 1.71. The molecule has 2 N–H and O–H groups in total. The number of benzene rings is 2. The molecule has 5 heteroatoms. The van der Waals surface area contributed by atoms with Gasteiger partial charge in [0, 0.05) is 5.69 Å². The fourth-order valence-electron chi connectivity index (χ4n) is 1.70. The fourth-order valence-corrected chi connectivity index (χ4v) is 1.92. The molecule has 0 bridgehead atoms. The van der Waals surface area contributed by atoms with Crippen LogP contribution in [0.15, 0.2) is 48.5 Å². The molecule has 0 aromatic heterocycles. The number of para-hydroxylation sites is 1. The Morgan fingerprint density at radius 1 is 1.19 bits per heavy atom. The predicted molar refractivity (Wildman–Crippen MR) is 87.3 cm³/mol. The molecule has 0 aliphatic rings. The minimum Gasteiger partial charge on any atom is -0.492 e. The lowest BCUT2D eigenvalue weighted by Gasteiger charge is -2.11. The van der Waals surface area contributed by atoms with E-state index in [1.165, 1.54) is 6.07 Å². The number of halogens is 1. The number of anilines is 1. The molecule has 0 saturated carbocycles. The maximum absolute atomic E-state index is 13.4. The highest BCUT2D eigenvalue weighted by molar-refractivity contribution is 7.80. The molecular formula is C16H17FN2OS. The van der Waals surface area contributed by atoms with Gasteiger partial charge < -0.3 is 15.4 Å².